The average Bonchev–Trinajstić information content (AvgIpc) is 3.57. The Balaban J connectivity index is 1.23. The largest absolute Gasteiger partial charge is 0.352 e. The lowest BCUT2D eigenvalue weighted by Gasteiger charge is -2.11. The van der Waals surface area contributed by atoms with E-state index in [0.717, 1.165) is 21.9 Å². The number of halogens is 2. The van der Waals surface area contributed by atoms with E-state index in [-0.39, 0.29) is 23.4 Å². The normalized spacial score (nSPS) is 11.0. The average molecular weight is 602 g/mol. The van der Waals surface area contributed by atoms with Crippen LogP contribution in [0.5, 0.6) is 0 Å². The summed E-state index contributed by atoms with van der Waals surface area (Å²) in [4.78, 5) is 38.9. The van der Waals surface area contributed by atoms with Crippen LogP contribution in [0.2, 0.25) is 0 Å². The summed E-state index contributed by atoms with van der Waals surface area (Å²) in [6, 6.07) is 27.0. The number of nitrogens with one attached hydrogen (secondary N) is 3. The van der Waals surface area contributed by atoms with Crippen LogP contribution in [0.15, 0.2) is 109 Å². The van der Waals surface area contributed by atoms with Gasteiger partial charge in [-0.1, -0.05) is 48.5 Å². The molecule has 0 saturated carbocycles. The number of carbonyl (C=O) groups is 2. The number of imidazole rings is 1. The second-order valence-corrected chi connectivity index (χ2v) is 10.6. The third-order valence-electron chi connectivity index (χ3n) is 7.44. The van der Waals surface area contributed by atoms with Crippen molar-refractivity contribution in [3.05, 3.63) is 143 Å². The first-order chi connectivity index (χ1) is 21.9. The fraction of sp³-hybridized carbons (Fsp3) is 0.111. The molecule has 3 N–H and O–H groups in total. The highest BCUT2D eigenvalue weighted by atomic mass is 19.1. The van der Waals surface area contributed by atoms with Crippen molar-refractivity contribution in [2.24, 2.45) is 0 Å². The van der Waals surface area contributed by atoms with Crippen LogP contribution in [0.4, 0.5) is 8.78 Å². The van der Waals surface area contributed by atoms with E-state index in [9.17, 15) is 18.4 Å². The molecule has 0 saturated heterocycles. The minimum Gasteiger partial charge on any atom is -0.352 e. The van der Waals surface area contributed by atoms with Crippen LogP contribution in [0.1, 0.15) is 31.8 Å². The molecule has 9 heteroatoms. The first kappa shape index (κ1) is 29.4. The predicted molar refractivity (Wildman–Crippen MR) is 170 cm³/mol. The van der Waals surface area contributed by atoms with E-state index >= 15 is 0 Å². The van der Waals surface area contributed by atoms with Crippen LogP contribution in [0.3, 0.4) is 0 Å². The number of hydrogen-bond donors (Lipinski definition) is 3. The molecule has 0 aliphatic heterocycles. The number of H-pyrrole nitrogens is 1. The van der Waals surface area contributed by atoms with E-state index in [4.69, 9.17) is 0 Å². The zero-order valence-electron chi connectivity index (χ0n) is 24.2. The second kappa shape index (κ2) is 13.3. The molecule has 4 aromatic carbocycles. The summed E-state index contributed by atoms with van der Waals surface area (Å²) in [6.45, 7) is 0.658. The van der Waals surface area contributed by atoms with Gasteiger partial charge in [0.05, 0.1) is 11.9 Å². The summed E-state index contributed by atoms with van der Waals surface area (Å²) in [5.41, 5.74) is 4.25. The van der Waals surface area contributed by atoms with Crippen molar-refractivity contribution in [1.82, 2.24) is 25.6 Å². The fourth-order valence-corrected chi connectivity index (χ4v) is 5.00. The van der Waals surface area contributed by atoms with Crippen LogP contribution in [0.25, 0.3) is 33.5 Å². The van der Waals surface area contributed by atoms with Crippen LogP contribution in [0, 0.1) is 11.6 Å². The zero-order chi connectivity index (χ0) is 31.2. The van der Waals surface area contributed by atoms with E-state index in [1.807, 2.05) is 30.3 Å². The van der Waals surface area contributed by atoms with Crippen molar-refractivity contribution in [3.8, 4) is 22.8 Å². The summed E-state index contributed by atoms with van der Waals surface area (Å²) < 4.78 is 26.5. The molecule has 0 atom stereocenters. The Bertz CT molecular complexity index is 1890. The highest BCUT2D eigenvalue weighted by Gasteiger charge is 2.16. The van der Waals surface area contributed by atoms with Gasteiger partial charge in [0.25, 0.3) is 11.8 Å². The Morgan fingerprint density at radius 1 is 0.644 bits per heavy atom. The minimum absolute atomic E-state index is 0.301. The maximum absolute atomic E-state index is 13.3. The molecule has 0 aliphatic carbocycles. The first-order valence-corrected chi connectivity index (χ1v) is 14.5. The van der Waals surface area contributed by atoms with Crippen molar-refractivity contribution in [1.29, 1.82) is 0 Å². The third-order valence-corrected chi connectivity index (χ3v) is 7.44. The quantitative estimate of drug-likeness (QED) is 0.167. The van der Waals surface area contributed by atoms with Gasteiger partial charge < -0.3 is 15.6 Å². The van der Waals surface area contributed by atoms with Gasteiger partial charge in [-0.2, -0.15) is 0 Å². The first-order valence-electron chi connectivity index (χ1n) is 14.5. The number of benzene rings is 4. The molecule has 45 heavy (non-hydrogen) atoms. The van der Waals surface area contributed by atoms with Gasteiger partial charge in [0.1, 0.15) is 17.3 Å². The van der Waals surface area contributed by atoms with E-state index in [1.54, 1.807) is 54.9 Å². The molecule has 0 bridgehead atoms. The van der Waals surface area contributed by atoms with Crippen LogP contribution in [-0.4, -0.2) is 39.9 Å². The molecule has 7 nitrogen and oxygen atoms in total. The molecular formula is C36H29F2N5O2. The van der Waals surface area contributed by atoms with Gasteiger partial charge >= 0.3 is 0 Å². The highest BCUT2D eigenvalue weighted by Crippen LogP contribution is 2.25. The molecule has 6 rings (SSSR count). The third kappa shape index (κ3) is 7.27. The molecule has 0 spiro atoms. The molecule has 0 fully saturated rings. The second-order valence-electron chi connectivity index (χ2n) is 10.6. The number of fused-ring (bicyclic) bond motifs is 1. The van der Waals surface area contributed by atoms with Crippen LogP contribution >= 0.6 is 0 Å². The van der Waals surface area contributed by atoms with Crippen molar-refractivity contribution >= 4 is 22.6 Å². The van der Waals surface area contributed by atoms with Crippen molar-refractivity contribution in [3.63, 3.8) is 0 Å². The molecule has 2 heterocycles. The summed E-state index contributed by atoms with van der Waals surface area (Å²) in [7, 11) is 0. The maximum atomic E-state index is 13.3. The fourth-order valence-electron chi connectivity index (χ4n) is 5.00. The number of rotatable bonds is 10. The zero-order valence-corrected chi connectivity index (χ0v) is 24.2. The lowest BCUT2D eigenvalue weighted by Crippen LogP contribution is -2.28. The molecule has 0 radical (unpaired) electrons. The Kier molecular flexibility index (Phi) is 8.68. The van der Waals surface area contributed by atoms with Crippen LogP contribution in [-0.2, 0) is 12.8 Å². The summed E-state index contributed by atoms with van der Waals surface area (Å²) in [5, 5.41) is 7.83. The Labute approximate surface area is 258 Å². The number of amides is 2. The Morgan fingerprint density at radius 2 is 1.20 bits per heavy atom. The van der Waals surface area contributed by atoms with Gasteiger partial charge in [0.2, 0.25) is 0 Å². The van der Waals surface area contributed by atoms with Gasteiger partial charge in [-0.05, 0) is 77.9 Å². The monoisotopic (exact) mass is 601 g/mol. The number of hydrogen-bond acceptors (Lipinski definition) is 4. The summed E-state index contributed by atoms with van der Waals surface area (Å²) >= 11 is 0. The number of pyridine rings is 1. The van der Waals surface area contributed by atoms with Crippen LogP contribution < -0.4 is 10.6 Å². The topological polar surface area (TPSA) is 99.8 Å². The van der Waals surface area contributed by atoms with Gasteiger partial charge in [-0.25, -0.2) is 13.8 Å². The number of aromatic amines is 1. The van der Waals surface area contributed by atoms with E-state index < -0.39 is 0 Å². The van der Waals surface area contributed by atoms with E-state index in [0.29, 0.717) is 59.8 Å². The maximum Gasteiger partial charge on any atom is 0.251 e. The number of carbonyl (C=O) groups excluding carboxylic acids is 2. The Hall–Kier alpha value is -5.70. The SMILES string of the molecule is O=C(NCCc1ccc(F)cc1)c1cc(C(=O)NCCc2ccc(F)cc2)cc(-c2cnc(-c3cc4ccccc4cn3)[nH]2)c1. The molecule has 0 unspecified atom stereocenters. The Morgan fingerprint density at radius 3 is 1.78 bits per heavy atom. The summed E-state index contributed by atoms with van der Waals surface area (Å²) in [6.07, 6.45) is 4.47. The smallest absolute Gasteiger partial charge is 0.251 e. The van der Waals surface area contributed by atoms with Crippen molar-refractivity contribution < 1.29 is 18.4 Å². The van der Waals surface area contributed by atoms with E-state index in [1.165, 1.54) is 24.3 Å². The lowest BCUT2D eigenvalue weighted by molar-refractivity contribution is 0.0953. The molecule has 0 aliphatic rings. The van der Waals surface area contributed by atoms with Gasteiger partial charge in [0.15, 0.2) is 5.82 Å². The lowest BCUT2D eigenvalue weighted by atomic mass is 10.0. The highest BCUT2D eigenvalue weighted by molar-refractivity contribution is 6.01. The molecule has 6 aromatic rings. The molecule has 2 aromatic heterocycles. The van der Waals surface area contributed by atoms with Gasteiger partial charge in [-0.15, -0.1) is 0 Å². The molecule has 2 amide bonds. The number of nitrogens with zero attached hydrogens (tertiary/aromatic N) is 2. The molecule has 224 valence electrons. The summed E-state index contributed by atoms with van der Waals surface area (Å²) in [5.74, 6) is -0.788. The predicted octanol–water partition coefficient (Wildman–Crippen LogP) is 6.52. The molecular weight excluding hydrogens is 572 g/mol. The number of aromatic nitrogens is 3. The van der Waals surface area contributed by atoms with E-state index in [2.05, 4.69) is 25.6 Å². The van der Waals surface area contributed by atoms with Crippen molar-refractivity contribution in [2.45, 2.75) is 12.8 Å². The van der Waals surface area contributed by atoms with Gasteiger partial charge in [0, 0.05) is 41.4 Å². The van der Waals surface area contributed by atoms with Gasteiger partial charge in [-0.3, -0.25) is 14.6 Å². The van der Waals surface area contributed by atoms with Crippen molar-refractivity contribution in [2.75, 3.05) is 13.1 Å². The minimum atomic E-state index is -0.352. The standard InChI is InChI=1S/C36H29F2N5O2/c37-30-9-5-23(6-10-30)13-15-39-35(44)28-17-27(18-29(19-28)36(45)40-16-14-24-7-11-31(38)12-8-24)33-22-42-34(43-33)32-20-25-3-1-2-4-26(25)21-41-32/h1-12,17-22H,13-16H2,(H,39,44)(H,40,45)(H,42,43).